The summed E-state index contributed by atoms with van der Waals surface area (Å²) >= 11 is 1.67. The molecule has 1 heterocycles. The zero-order valence-electron chi connectivity index (χ0n) is 13.1. The van der Waals surface area contributed by atoms with E-state index in [1.165, 1.54) is 37.8 Å². The third-order valence-electron chi connectivity index (χ3n) is 4.80. The van der Waals surface area contributed by atoms with Gasteiger partial charge in [0.05, 0.1) is 11.2 Å². The van der Waals surface area contributed by atoms with Gasteiger partial charge in [0.2, 0.25) is 0 Å². The van der Waals surface area contributed by atoms with E-state index in [-0.39, 0.29) is 5.54 Å². The van der Waals surface area contributed by atoms with Gasteiger partial charge < -0.3 is 5.73 Å². The van der Waals surface area contributed by atoms with Crippen molar-refractivity contribution in [3.63, 3.8) is 0 Å². The molecule has 3 nitrogen and oxygen atoms in total. The van der Waals surface area contributed by atoms with Crippen LogP contribution in [0.1, 0.15) is 51.6 Å². The molecule has 1 saturated carbocycles. The second-order valence-corrected chi connectivity index (χ2v) is 7.57. The molecule has 1 aliphatic carbocycles. The third kappa shape index (κ3) is 3.80. The van der Waals surface area contributed by atoms with Crippen LogP contribution < -0.4 is 5.73 Å². The van der Waals surface area contributed by atoms with Crippen LogP contribution in [0.4, 0.5) is 0 Å². The fourth-order valence-corrected chi connectivity index (χ4v) is 4.29. The summed E-state index contributed by atoms with van der Waals surface area (Å²) in [5, 5.41) is 2.15. The molecule has 2 atom stereocenters. The summed E-state index contributed by atoms with van der Waals surface area (Å²) in [5.41, 5.74) is 9.48. The van der Waals surface area contributed by atoms with Gasteiger partial charge in [-0.15, -0.1) is 11.3 Å². The summed E-state index contributed by atoms with van der Waals surface area (Å²) in [6.07, 6.45) is 6.52. The van der Waals surface area contributed by atoms with Crippen molar-refractivity contribution in [2.24, 2.45) is 17.6 Å². The van der Waals surface area contributed by atoms with E-state index in [1.807, 2.05) is 5.51 Å². The molecule has 1 aromatic rings. The van der Waals surface area contributed by atoms with Crippen LogP contribution in [0.2, 0.25) is 0 Å². The molecule has 1 aromatic heterocycles. The first-order chi connectivity index (χ1) is 9.55. The molecule has 2 unspecified atom stereocenters. The largest absolute Gasteiger partial charge is 0.329 e. The molecule has 0 aromatic carbocycles. The van der Waals surface area contributed by atoms with Gasteiger partial charge in [0.25, 0.3) is 0 Å². The van der Waals surface area contributed by atoms with E-state index < -0.39 is 0 Å². The van der Waals surface area contributed by atoms with Crippen molar-refractivity contribution in [2.45, 2.75) is 58.0 Å². The zero-order chi connectivity index (χ0) is 14.6. The van der Waals surface area contributed by atoms with Crippen LogP contribution >= 0.6 is 11.3 Å². The summed E-state index contributed by atoms with van der Waals surface area (Å²) in [6.45, 7) is 6.35. The number of nitrogens with two attached hydrogens (primary N) is 1. The van der Waals surface area contributed by atoms with Crippen LogP contribution in [-0.4, -0.2) is 29.0 Å². The lowest BCUT2D eigenvalue weighted by atomic mass is 9.72. The molecular weight excluding hydrogens is 266 g/mol. The number of rotatable bonds is 6. The van der Waals surface area contributed by atoms with Crippen molar-refractivity contribution in [2.75, 3.05) is 13.6 Å². The number of hydrogen-bond acceptors (Lipinski definition) is 4. The van der Waals surface area contributed by atoms with Gasteiger partial charge in [-0.2, -0.15) is 0 Å². The van der Waals surface area contributed by atoms with E-state index in [4.69, 9.17) is 5.73 Å². The van der Waals surface area contributed by atoms with Crippen LogP contribution in [-0.2, 0) is 6.54 Å². The van der Waals surface area contributed by atoms with Gasteiger partial charge in [0.1, 0.15) is 0 Å². The number of nitrogens with zero attached hydrogens (tertiary/aromatic N) is 2. The van der Waals surface area contributed by atoms with E-state index in [9.17, 15) is 0 Å². The molecule has 0 radical (unpaired) electrons. The molecule has 2 N–H and O–H groups in total. The maximum atomic E-state index is 6.20. The van der Waals surface area contributed by atoms with E-state index in [2.05, 4.69) is 36.2 Å². The Morgan fingerprint density at radius 1 is 1.55 bits per heavy atom. The Bertz CT molecular complexity index is 390. The van der Waals surface area contributed by atoms with Crippen molar-refractivity contribution in [1.29, 1.82) is 0 Å². The van der Waals surface area contributed by atoms with Crippen molar-refractivity contribution < 1.29 is 0 Å². The van der Waals surface area contributed by atoms with Gasteiger partial charge in [-0.1, -0.05) is 26.7 Å². The number of thiazole rings is 1. The Hall–Kier alpha value is -0.450. The lowest BCUT2D eigenvalue weighted by Crippen LogP contribution is -2.54. The molecule has 114 valence electrons. The van der Waals surface area contributed by atoms with Crippen molar-refractivity contribution >= 4 is 11.3 Å². The molecule has 0 spiro atoms. The summed E-state index contributed by atoms with van der Waals surface area (Å²) in [5.74, 6) is 1.63. The Labute approximate surface area is 127 Å². The first-order valence-corrected chi connectivity index (χ1v) is 8.78. The van der Waals surface area contributed by atoms with Gasteiger partial charge in [0.15, 0.2) is 0 Å². The molecular formula is C16H29N3S. The predicted octanol–water partition coefficient (Wildman–Crippen LogP) is 3.51. The van der Waals surface area contributed by atoms with Gasteiger partial charge in [-0.05, 0) is 38.1 Å². The lowest BCUT2D eigenvalue weighted by molar-refractivity contribution is 0.0455. The zero-order valence-corrected chi connectivity index (χ0v) is 14.0. The summed E-state index contributed by atoms with van der Waals surface area (Å²) in [7, 11) is 2.23. The Morgan fingerprint density at radius 2 is 2.35 bits per heavy atom. The van der Waals surface area contributed by atoms with Crippen LogP contribution in [0.25, 0.3) is 0 Å². The van der Waals surface area contributed by atoms with Crippen molar-refractivity contribution in [3.05, 3.63) is 16.6 Å². The van der Waals surface area contributed by atoms with Gasteiger partial charge >= 0.3 is 0 Å². The summed E-state index contributed by atoms with van der Waals surface area (Å²) in [6, 6.07) is 0. The molecule has 4 heteroatoms. The van der Waals surface area contributed by atoms with E-state index in [0.717, 1.165) is 24.9 Å². The molecule has 0 aliphatic heterocycles. The highest BCUT2D eigenvalue weighted by Gasteiger charge is 2.38. The highest BCUT2D eigenvalue weighted by molar-refractivity contribution is 7.07. The number of hydrogen-bond donors (Lipinski definition) is 1. The SMILES string of the molecule is CC(C)CC1CCCC(CN)(N(C)Cc2cscn2)C1. The fourth-order valence-electron chi connectivity index (χ4n) is 3.74. The second kappa shape index (κ2) is 7.01. The number of likely N-dealkylation sites (N-methyl/N-ethyl adjacent to an activating group) is 1. The highest BCUT2D eigenvalue weighted by atomic mass is 32.1. The molecule has 0 saturated heterocycles. The van der Waals surface area contributed by atoms with Crippen LogP contribution in [0.15, 0.2) is 10.9 Å². The van der Waals surface area contributed by atoms with Gasteiger partial charge in [-0.3, -0.25) is 4.90 Å². The maximum absolute atomic E-state index is 6.20. The maximum Gasteiger partial charge on any atom is 0.0795 e. The average Bonchev–Trinajstić information content (AvgIpc) is 2.91. The van der Waals surface area contributed by atoms with E-state index in [0.29, 0.717) is 0 Å². The quantitative estimate of drug-likeness (QED) is 0.873. The Balaban J connectivity index is 2.03. The predicted molar refractivity (Wildman–Crippen MR) is 86.8 cm³/mol. The number of aromatic nitrogens is 1. The molecule has 1 aliphatic rings. The molecule has 1 fully saturated rings. The van der Waals surface area contributed by atoms with Crippen LogP contribution in [0.3, 0.4) is 0 Å². The Morgan fingerprint density at radius 3 is 2.95 bits per heavy atom. The molecule has 0 amide bonds. The van der Waals surface area contributed by atoms with E-state index in [1.54, 1.807) is 11.3 Å². The minimum Gasteiger partial charge on any atom is -0.329 e. The van der Waals surface area contributed by atoms with Crippen LogP contribution in [0.5, 0.6) is 0 Å². The average molecular weight is 295 g/mol. The fraction of sp³-hybridized carbons (Fsp3) is 0.812. The molecule has 20 heavy (non-hydrogen) atoms. The first kappa shape index (κ1) is 15.9. The lowest BCUT2D eigenvalue weighted by Gasteiger charge is -2.47. The summed E-state index contributed by atoms with van der Waals surface area (Å²) in [4.78, 5) is 6.89. The van der Waals surface area contributed by atoms with Crippen molar-refractivity contribution in [1.82, 2.24) is 9.88 Å². The minimum atomic E-state index is 0.182. The minimum absolute atomic E-state index is 0.182. The standard InChI is InChI=1S/C16H29N3S/c1-13(2)7-14-5-4-6-16(8-14,11-17)19(3)9-15-10-20-12-18-15/h10,12-14H,4-9,11,17H2,1-3H3. The monoisotopic (exact) mass is 295 g/mol. The molecule has 2 rings (SSSR count). The Kier molecular flexibility index (Phi) is 5.58. The van der Waals surface area contributed by atoms with E-state index >= 15 is 0 Å². The third-order valence-corrected chi connectivity index (χ3v) is 5.44. The van der Waals surface area contributed by atoms with Crippen molar-refractivity contribution in [3.8, 4) is 0 Å². The van der Waals surface area contributed by atoms with Crippen LogP contribution in [0, 0.1) is 11.8 Å². The second-order valence-electron chi connectivity index (χ2n) is 6.86. The topological polar surface area (TPSA) is 42.1 Å². The highest BCUT2D eigenvalue weighted by Crippen LogP contribution is 2.39. The normalized spacial score (nSPS) is 27.4. The summed E-state index contributed by atoms with van der Waals surface area (Å²) < 4.78 is 0. The van der Waals surface area contributed by atoms with Gasteiger partial charge in [-0.25, -0.2) is 4.98 Å². The first-order valence-electron chi connectivity index (χ1n) is 7.84. The smallest absolute Gasteiger partial charge is 0.0795 e. The molecule has 0 bridgehead atoms. The van der Waals surface area contributed by atoms with Gasteiger partial charge in [0, 0.05) is 24.0 Å².